The van der Waals surface area contributed by atoms with Crippen LogP contribution in [0.4, 0.5) is 5.69 Å². The summed E-state index contributed by atoms with van der Waals surface area (Å²) >= 11 is 6.00. The molecule has 29 heavy (non-hydrogen) atoms. The Labute approximate surface area is 174 Å². The van der Waals surface area contributed by atoms with Gasteiger partial charge in [0.25, 0.3) is 5.91 Å². The van der Waals surface area contributed by atoms with E-state index in [1.807, 2.05) is 24.3 Å². The molecule has 0 aliphatic heterocycles. The molecule has 0 aliphatic carbocycles. The lowest BCUT2D eigenvalue weighted by Crippen LogP contribution is -2.21. The Morgan fingerprint density at radius 2 is 1.90 bits per heavy atom. The summed E-state index contributed by atoms with van der Waals surface area (Å²) in [4.78, 5) is 24.1. The Hall–Kier alpha value is -3.30. The van der Waals surface area contributed by atoms with E-state index < -0.39 is 18.5 Å². The maximum Gasteiger partial charge on any atom is 0.349 e. The summed E-state index contributed by atoms with van der Waals surface area (Å²) in [7, 11) is 1.48. The van der Waals surface area contributed by atoms with Gasteiger partial charge in [-0.25, -0.2) is 4.79 Å². The Bertz CT molecular complexity index is 960. The number of carbonyl (C=O) groups is 2. The van der Waals surface area contributed by atoms with Crippen LogP contribution >= 0.6 is 11.6 Å². The summed E-state index contributed by atoms with van der Waals surface area (Å²) in [6, 6.07) is 14.0. The van der Waals surface area contributed by atoms with Gasteiger partial charge in [-0.3, -0.25) is 4.79 Å². The number of benzene rings is 2. The molecule has 0 saturated carbocycles. The van der Waals surface area contributed by atoms with Crippen LogP contribution in [-0.2, 0) is 14.3 Å². The monoisotopic (exact) mass is 412 g/mol. The number of hydrogen-bond acceptors (Lipinski definition) is 5. The van der Waals surface area contributed by atoms with Crippen molar-refractivity contribution in [1.29, 1.82) is 5.26 Å². The van der Waals surface area contributed by atoms with E-state index in [0.717, 1.165) is 5.56 Å². The molecule has 0 radical (unpaired) electrons. The van der Waals surface area contributed by atoms with Crippen molar-refractivity contribution < 1.29 is 19.1 Å². The van der Waals surface area contributed by atoms with Gasteiger partial charge < -0.3 is 14.8 Å². The lowest BCUT2D eigenvalue weighted by molar-refractivity contribution is -0.142. The molecule has 1 N–H and O–H groups in total. The fourth-order valence-corrected chi connectivity index (χ4v) is 2.69. The quantitative estimate of drug-likeness (QED) is 0.409. The van der Waals surface area contributed by atoms with E-state index >= 15 is 0 Å². The van der Waals surface area contributed by atoms with Gasteiger partial charge in [-0.15, -0.1) is 0 Å². The van der Waals surface area contributed by atoms with Crippen LogP contribution in [0.1, 0.15) is 30.9 Å². The van der Waals surface area contributed by atoms with Gasteiger partial charge in [0.15, 0.2) is 6.61 Å². The highest BCUT2D eigenvalue weighted by atomic mass is 35.5. The van der Waals surface area contributed by atoms with Crippen molar-refractivity contribution >= 4 is 35.2 Å². The molecule has 0 atom stereocenters. The molecule has 2 rings (SSSR count). The Morgan fingerprint density at radius 1 is 1.21 bits per heavy atom. The SMILES string of the molecule is COc1ccc(NC(=O)COC(=O)/C(C#N)=C/c2ccc(C(C)C)cc2)cc1Cl. The Morgan fingerprint density at radius 3 is 2.45 bits per heavy atom. The van der Waals surface area contributed by atoms with Gasteiger partial charge in [0.1, 0.15) is 17.4 Å². The predicted molar refractivity (Wildman–Crippen MR) is 112 cm³/mol. The van der Waals surface area contributed by atoms with Crippen LogP contribution in [0.2, 0.25) is 5.02 Å². The second-order valence-electron chi connectivity index (χ2n) is 6.46. The molecule has 0 fully saturated rings. The molecular weight excluding hydrogens is 392 g/mol. The van der Waals surface area contributed by atoms with Gasteiger partial charge >= 0.3 is 5.97 Å². The number of ether oxygens (including phenoxy) is 2. The van der Waals surface area contributed by atoms with Gasteiger partial charge in [-0.05, 0) is 41.3 Å². The third kappa shape index (κ3) is 6.37. The molecule has 150 valence electrons. The van der Waals surface area contributed by atoms with E-state index in [4.69, 9.17) is 21.1 Å². The third-order valence-corrected chi connectivity index (χ3v) is 4.32. The summed E-state index contributed by atoms with van der Waals surface area (Å²) < 4.78 is 9.98. The summed E-state index contributed by atoms with van der Waals surface area (Å²) in [5.74, 6) is -0.574. The molecule has 0 spiro atoms. The molecule has 2 aromatic carbocycles. The van der Waals surface area contributed by atoms with Crippen LogP contribution < -0.4 is 10.1 Å². The van der Waals surface area contributed by atoms with Crippen LogP contribution in [0, 0.1) is 11.3 Å². The maximum absolute atomic E-state index is 12.1. The van der Waals surface area contributed by atoms with E-state index in [9.17, 15) is 14.9 Å². The molecule has 6 nitrogen and oxygen atoms in total. The smallest absolute Gasteiger partial charge is 0.349 e. The van der Waals surface area contributed by atoms with Gasteiger partial charge in [0.2, 0.25) is 0 Å². The van der Waals surface area contributed by atoms with Crippen molar-refractivity contribution in [2.24, 2.45) is 0 Å². The standard InChI is InChI=1S/C22H21ClN2O4/c1-14(2)16-6-4-15(5-7-16)10-17(12-24)22(27)29-13-21(26)25-18-8-9-20(28-3)19(23)11-18/h4-11,14H,13H2,1-3H3,(H,25,26)/b17-10+. The van der Waals surface area contributed by atoms with Gasteiger partial charge in [-0.2, -0.15) is 5.26 Å². The number of nitrogens with one attached hydrogen (secondary N) is 1. The van der Waals surface area contributed by atoms with Crippen molar-refractivity contribution in [3.63, 3.8) is 0 Å². The molecule has 0 bridgehead atoms. The number of anilines is 1. The largest absolute Gasteiger partial charge is 0.495 e. The average molecular weight is 413 g/mol. The number of nitrogens with zero attached hydrogens (tertiary/aromatic N) is 1. The summed E-state index contributed by atoms with van der Waals surface area (Å²) in [5, 5.41) is 12.1. The van der Waals surface area contributed by atoms with Crippen molar-refractivity contribution in [3.05, 3.63) is 64.2 Å². The molecule has 0 aliphatic rings. The summed E-state index contributed by atoms with van der Waals surface area (Å²) in [6.07, 6.45) is 1.42. The first kappa shape index (κ1) is 22.0. The summed E-state index contributed by atoms with van der Waals surface area (Å²) in [5.41, 5.74) is 2.08. The van der Waals surface area contributed by atoms with E-state index in [0.29, 0.717) is 27.9 Å². The summed E-state index contributed by atoms with van der Waals surface area (Å²) in [6.45, 7) is 3.62. The molecule has 0 aromatic heterocycles. The minimum absolute atomic E-state index is 0.192. The van der Waals surface area contributed by atoms with Crippen molar-refractivity contribution in [1.82, 2.24) is 0 Å². The second-order valence-corrected chi connectivity index (χ2v) is 6.87. The molecule has 2 aromatic rings. The highest BCUT2D eigenvalue weighted by Crippen LogP contribution is 2.27. The first-order valence-electron chi connectivity index (χ1n) is 8.86. The van der Waals surface area contributed by atoms with Crippen LogP contribution in [0.15, 0.2) is 48.0 Å². The zero-order valence-corrected chi connectivity index (χ0v) is 17.1. The molecule has 0 saturated heterocycles. The van der Waals surface area contributed by atoms with Crippen LogP contribution in [0.5, 0.6) is 5.75 Å². The van der Waals surface area contributed by atoms with Crippen LogP contribution in [-0.4, -0.2) is 25.6 Å². The lowest BCUT2D eigenvalue weighted by Gasteiger charge is -2.08. The Kier molecular flexibility index (Phi) is 7.81. The number of amides is 1. The minimum Gasteiger partial charge on any atom is -0.495 e. The number of hydrogen-bond donors (Lipinski definition) is 1. The van der Waals surface area contributed by atoms with Gasteiger partial charge in [0, 0.05) is 5.69 Å². The van der Waals surface area contributed by atoms with E-state index in [2.05, 4.69) is 19.2 Å². The number of rotatable bonds is 7. The van der Waals surface area contributed by atoms with Crippen molar-refractivity contribution in [2.45, 2.75) is 19.8 Å². The fourth-order valence-electron chi connectivity index (χ4n) is 2.43. The first-order chi connectivity index (χ1) is 13.8. The van der Waals surface area contributed by atoms with E-state index in [1.165, 1.54) is 19.3 Å². The van der Waals surface area contributed by atoms with Crippen molar-refractivity contribution in [3.8, 4) is 11.8 Å². The zero-order chi connectivity index (χ0) is 21.4. The molecule has 0 heterocycles. The van der Waals surface area contributed by atoms with E-state index in [1.54, 1.807) is 18.2 Å². The minimum atomic E-state index is -0.872. The highest BCUT2D eigenvalue weighted by molar-refractivity contribution is 6.32. The predicted octanol–water partition coefficient (Wildman–Crippen LogP) is 4.56. The number of nitriles is 1. The third-order valence-electron chi connectivity index (χ3n) is 4.02. The lowest BCUT2D eigenvalue weighted by atomic mass is 10.0. The first-order valence-corrected chi connectivity index (χ1v) is 9.24. The highest BCUT2D eigenvalue weighted by Gasteiger charge is 2.14. The molecule has 1 amide bonds. The van der Waals surface area contributed by atoms with Crippen LogP contribution in [0.25, 0.3) is 6.08 Å². The van der Waals surface area contributed by atoms with E-state index in [-0.39, 0.29) is 5.57 Å². The van der Waals surface area contributed by atoms with Gasteiger partial charge in [-0.1, -0.05) is 49.7 Å². The van der Waals surface area contributed by atoms with Gasteiger partial charge in [0.05, 0.1) is 12.1 Å². The Balaban J connectivity index is 1.96. The molecular formula is C22H21ClN2O4. The molecule has 7 heteroatoms. The number of carbonyl (C=O) groups excluding carboxylic acids is 2. The van der Waals surface area contributed by atoms with Crippen molar-refractivity contribution in [2.75, 3.05) is 19.0 Å². The molecule has 0 unspecified atom stereocenters. The number of methoxy groups -OCH3 is 1. The number of esters is 1. The fraction of sp³-hybridized carbons (Fsp3) is 0.227. The van der Waals surface area contributed by atoms with Crippen LogP contribution in [0.3, 0.4) is 0 Å². The average Bonchev–Trinajstić information content (AvgIpc) is 2.70. The second kappa shape index (κ2) is 10.3. The zero-order valence-electron chi connectivity index (χ0n) is 16.4. The maximum atomic E-state index is 12.1. The number of halogens is 1. The normalized spacial score (nSPS) is 11.0. The topological polar surface area (TPSA) is 88.4 Å².